The second-order valence-corrected chi connectivity index (χ2v) is 4.27. The van der Waals surface area contributed by atoms with Crippen molar-refractivity contribution in [1.82, 2.24) is 5.32 Å². The van der Waals surface area contributed by atoms with Crippen molar-refractivity contribution in [3.63, 3.8) is 0 Å². The van der Waals surface area contributed by atoms with Gasteiger partial charge < -0.3 is 5.32 Å². The monoisotopic (exact) mass is 187 g/mol. The van der Waals surface area contributed by atoms with Crippen LogP contribution in [-0.2, 0) is 4.79 Å². The summed E-state index contributed by atoms with van der Waals surface area (Å²) >= 11 is 3.91. The van der Waals surface area contributed by atoms with Crippen molar-refractivity contribution in [2.75, 3.05) is 12.3 Å². The first-order chi connectivity index (χ1) is 5.66. The Morgan fingerprint density at radius 1 is 1.50 bits per heavy atom. The normalized spacial score (nSPS) is 20.8. The van der Waals surface area contributed by atoms with Gasteiger partial charge in [0.05, 0.1) is 5.75 Å². The third kappa shape index (κ3) is 2.70. The minimum Gasteiger partial charge on any atom is -0.355 e. The summed E-state index contributed by atoms with van der Waals surface area (Å²) < 4.78 is 0. The van der Waals surface area contributed by atoms with E-state index in [1.165, 1.54) is 25.7 Å². The van der Waals surface area contributed by atoms with E-state index in [1.807, 2.05) is 0 Å². The average molecular weight is 187 g/mol. The van der Waals surface area contributed by atoms with Crippen molar-refractivity contribution in [3.8, 4) is 0 Å². The Morgan fingerprint density at radius 2 is 2.08 bits per heavy atom. The molecule has 0 unspecified atom stereocenters. The summed E-state index contributed by atoms with van der Waals surface area (Å²) in [6.07, 6.45) is 5.13. The molecule has 1 amide bonds. The van der Waals surface area contributed by atoms with E-state index in [1.54, 1.807) is 0 Å². The predicted molar refractivity (Wildman–Crippen MR) is 53.4 cm³/mol. The van der Waals surface area contributed by atoms with E-state index in [2.05, 4.69) is 24.9 Å². The fraction of sp³-hybridized carbons (Fsp3) is 0.889. The first-order valence-corrected chi connectivity index (χ1v) is 5.17. The van der Waals surface area contributed by atoms with E-state index in [0.29, 0.717) is 11.2 Å². The van der Waals surface area contributed by atoms with Crippen molar-refractivity contribution in [3.05, 3.63) is 0 Å². The van der Waals surface area contributed by atoms with Gasteiger partial charge in [0, 0.05) is 6.54 Å². The highest BCUT2D eigenvalue weighted by Crippen LogP contribution is 2.36. The van der Waals surface area contributed by atoms with Crippen molar-refractivity contribution in [1.29, 1.82) is 0 Å². The third-order valence-electron chi connectivity index (χ3n) is 2.67. The van der Waals surface area contributed by atoms with E-state index in [9.17, 15) is 4.79 Å². The summed E-state index contributed by atoms with van der Waals surface area (Å²) in [7, 11) is 0. The maximum absolute atomic E-state index is 10.9. The summed E-state index contributed by atoms with van der Waals surface area (Å²) in [6.45, 7) is 3.07. The first-order valence-electron chi connectivity index (χ1n) is 4.54. The fourth-order valence-corrected chi connectivity index (χ4v) is 1.89. The van der Waals surface area contributed by atoms with Crippen LogP contribution in [0.1, 0.15) is 32.6 Å². The summed E-state index contributed by atoms with van der Waals surface area (Å²) in [5.41, 5.74) is 0.360. The lowest BCUT2D eigenvalue weighted by molar-refractivity contribution is -0.119. The fourth-order valence-electron chi connectivity index (χ4n) is 1.77. The van der Waals surface area contributed by atoms with Gasteiger partial charge in [-0.05, 0) is 18.3 Å². The molecule has 1 aliphatic rings. The van der Waals surface area contributed by atoms with Gasteiger partial charge in [-0.15, -0.1) is 0 Å². The lowest BCUT2D eigenvalue weighted by Crippen LogP contribution is -2.34. The molecule has 0 spiro atoms. The molecular formula is C9H17NOS. The Labute approximate surface area is 79.5 Å². The van der Waals surface area contributed by atoms with Gasteiger partial charge in [-0.1, -0.05) is 19.8 Å². The number of hydrogen-bond donors (Lipinski definition) is 2. The highest BCUT2D eigenvalue weighted by Gasteiger charge is 2.28. The van der Waals surface area contributed by atoms with Gasteiger partial charge in [-0.25, -0.2) is 0 Å². The molecule has 1 saturated carbocycles. The van der Waals surface area contributed by atoms with Gasteiger partial charge in [0.25, 0.3) is 0 Å². The molecule has 1 N–H and O–H groups in total. The van der Waals surface area contributed by atoms with Crippen LogP contribution >= 0.6 is 12.6 Å². The average Bonchev–Trinajstić information content (AvgIpc) is 2.49. The molecule has 0 heterocycles. The lowest BCUT2D eigenvalue weighted by Gasteiger charge is -2.23. The zero-order chi connectivity index (χ0) is 9.03. The molecule has 12 heavy (non-hydrogen) atoms. The Balaban J connectivity index is 2.25. The first kappa shape index (κ1) is 9.90. The second-order valence-electron chi connectivity index (χ2n) is 3.95. The highest BCUT2D eigenvalue weighted by atomic mass is 32.1. The summed E-state index contributed by atoms with van der Waals surface area (Å²) in [6, 6.07) is 0. The Morgan fingerprint density at radius 3 is 2.58 bits per heavy atom. The van der Waals surface area contributed by atoms with Gasteiger partial charge in [0.15, 0.2) is 0 Å². The van der Waals surface area contributed by atoms with Gasteiger partial charge in [-0.2, -0.15) is 12.6 Å². The van der Waals surface area contributed by atoms with Crippen LogP contribution in [-0.4, -0.2) is 18.2 Å². The standard InChI is InChI=1S/C9H17NOS/c1-9(4-2-3-5-9)7-10-8(11)6-12/h12H,2-7H2,1H3,(H,10,11). The van der Waals surface area contributed by atoms with Crippen molar-refractivity contribution in [2.24, 2.45) is 5.41 Å². The van der Waals surface area contributed by atoms with Crippen LogP contribution < -0.4 is 5.32 Å². The maximum atomic E-state index is 10.9. The second kappa shape index (κ2) is 4.17. The van der Waals surface area contributed by atoms with E-state index in [0.717, 1.165) is 6.54 Å². The molecule has 0 bridgehead atoms. The molecule has 2 nitrogen and oxygen atoms in total. The number of hydrogen-bond acceptors (Lipinski definition) is 2. The Bertz CT molecular complexity index is 164. The summed E-state index contributed by atoms with van der Waals surface area (Å²) in [5, 5.41) is 2.90. The lowest BCUT2D eigenvalue weighted by atomic mass is 9.89. The van der Waals surface area contributed by atoms with Crippen molar-refractivity contribution >= 4 is 18.5 Å². The molecule has 0 aromatic heterocycles. The molecule has 1 rings (SSSR count). The summed E-state index contributed by atoms with van der Waals surface area (Å²) in [5.74, 6) is 0.349. The molecule has 0 aromatic carbocycles. The smallest absolute Gasteiger partial charge is 0.229 e. The molecule has 1 aliphatic carbocycles. The van der Waals surface area contributed by atoms with Crippen molar-refractivity contribution < 1.29 is 4.79 Å². The molecule has 70 valence electrons. The molecule has 0 aliphatic heterocycles. The van der Waals surface area contributed by atoms with Crippen LogP contribution in [0.4, 0.5) is 0 Å². The minimum absolute atomic E-state index is 0.0476. The highest BCUT2D eigenvalue weighted by molar-refractivity contribution is 7.81. The van der Waals surface area contributed by atoms with E-state index in [4.69, 9.17) is 0 Å². The van der Waals surface area contributed by atoms with Crippen molar-refractivity contribution in [2.45, 2.75) is 32.6 Å². The van der Waals surface area contributed by atoms with Gasteiger partial charge >= 0.3 is 0 Å². The molecule has 0 aromatic rings. The molecule has 1 fully saturated rings. The van der Waals surface area contributed by atoms with E-state index in [-0.39, 0.29) is 5.91 Å². The number of rotatable bonds is 3. The zero-order valence-electron chi connectivity index (χ0n) is 7.60. The topological polar surface area (TPSA) is 29.1 Å². The predicted octanol–water partition coefficient (Wildman–Crippen LogP) is 1.61. The van der Waals surface area contributed by atoms with Crippen LogP contribution in [0.3, 0.4) is 0 Å². The molecule has 3 heteroatoms. The number of thiol groups is 1. The van der Waals surface area contributed by atoms with Gasteiger partial charge in [0.2, 0.25) is 5.91 Å². The summed E-state index contributed by atoms with van der Waals surface area (Å²) in [4.78, 5) is 10.9. The number of nitrogens with one attached hydrogen (secondary N) is 1. The van der Waals surface area contributed by atoms with Gasteiger partial charge in [-0.3, -0.25) is 4.79 Å². The van der Waals surface area contributed by atoms with E-state index >= 15 is 0 Å². The molecular weight excluding hydrogens is 170 g/mol. The van der Waals surface area contributed by atoms with E-state index < -0.39 is 0 Å². The quantitative estimate of drug-likeness (QED) is 0.646. The van der Waals surface area contributed by atoms with Crippen LogP contribution in [0, 0.1) is 5.41 Å². The largest absolute Gasteiger partial charge is 0.355 e. The molecule has 0 radical (unpaired) electrons. The Hall–Kier alpha value is -0.180. The minimum atomic E-state index is 0.0476. The number of amides is 1. The number of carbonyl (C=O) groups is 1. The van der Waals surface area contributed by atoms with Gasteiger partial charge in [0.1, 0.15) is 0 Å². The van der Waals surface area contributed by atoms with Crippen LogP contribution in [0.2, 0.25) is 0 Å². The van der Waals surface area contributed by atoms with Crippen LogP contribution in [0.15, 0.2) is 0 Å². The Kier molecular flexibility index (Phi) is 3.44. The molecule has 0 saturated heterocycles. The number of carbonyl (C=O) groups excluding carboxylic acids is 1. The van der Waals surface area contributed by atoms with Crippen LogP contribution in [0.25, 0.3) is 0 Å². The van der Waals surface area contributed by atoms with Crippen LogP contribution in [0.5, 0.6) is 0 Å². The maximum Gasteiger partial charge on any atom is 0.229 e. The SMILES string of the molecule is CC1(CNC(=O)CS)CCCC1. The molecule has 0 atom stereocenters. The zero-order valence-corrected chi connectivity index (χ0v) is 8.49. The third-order valence-corrected chi connectivity index (χ3v) is 2.95.